The lowest BCUT2D eigenvalue weighted by Crippen LogP contribution is -1.83. The first-order valence-electron chi connectivity index (χ1n) is 2.27. The molecule has 1 rings (SSSR count). The summed E-state index contributed by atoms with van der Waals surface area (Å²) in [4.78, 5) is 9.22. The summed E-state index contributed by atoms with van der Waals surface area (Å²) in [6, 6.07) is 0.903. The molecule has 0 aliphatic rings. The molecule has 0 unspecified atom stereocenters. The van der Waals surface area contributed by atoms with E-state index in [1.165, 1.54) is 0 Å². The van der Waals surface area contributed by atoms with Crippen LogP contribution >= 0.6 is 11.3 Å². The third kappa shape index (κ3) is 1.01. The van der Waals surface area contributed by atoms with E-state index in [0.29, 0.717) is 11.3 Å². The lowest BCUT2D eigenvalue weighted by molar-refractivity contribution is -0.385. The van der Waals surface area contributed by atoms with Gasteiger partial charge in [0.05, 0.1) is 11.0 Å². The van der Waals surface area contributed by atoms with Gasteiger partial charge in [-0.25, -0.2) is 0 Å². The SMILES string of the molecule is O=[N+]([O-])c1cc(O)sc1O. The third-order valence-corrected chi connectivity index (χ3v) is 1.61. The van der Waals surface area contributed by atoms with Gasteiger partial charge in [-0.3, -0.25) is 10.1 Å². The quantitative estimate of drug-likeness (QED) is 0.476. The molecule has 0 atom stereocenters. The summed E-state index contributed by atoms with van der Waals surface area (Å²) >= 11 is 0.567. The van der Waals surface area contributed by atoms with Crippen molar-refractivity contribution in [2.24, 2.45) is 0 Å². The topological polar surface area (TPSA) is 83.6 Å². The molecule has 6 heteroatoms. The van der Waals surface area contributed by atoms with Gasteiger partial charge in [-0.05, 0) is 0 Å². The highest BCUT2D eigenvalue weighted by molar-refractivity contribution is 7.16. The molecule has 54 valence electrons. The third-order valence-electron chi connectivity index (χ3n) is 0.877. The summed E-state index contributed by atoms with van der Waals surface area (Å²) < 4.78 is 0. The summed E-state index contributed by atoms with van der Waals surface area (Å²) in [5.74, 6) is 0. The van der Waals surface area contributed by atoms with Crippen LogP contribution in [0, 0.1) is 10.1 Å². The smallest absolute Gasteiger partial charge is 0.326 e. The molecule has 1 heterocycles. The fraction of sp³-hybridized carbons (Fsp3) is 0. The lowest BCUT2D eigenvalue weighted by atomic mass is 10.5. The molecule has 0 aromatic carbocycles. The van der Waals surface area contributed by atoms with Gasteiger partial charge in [-0.1, -0.05) is 11.3 Å². The van der Waals surface area contributed by atoms with Gasteiger partial charge in [-0.15, -0.1) is 0 Å². The van der Waals surface area contributed by atoms with Gasteiger partial charge in [0.1, 0.15) is 0 Å². The average Bonchev–Trinajstić information content (AvgIpc) is 2.10. The van der Waals surface area contributed by atoms with Crippen molar-refractivity contribution in [2.75, 3.05) is 0 Å². The average molecular weight is 161 g/mol. The summed E-state index contributed by atoms with van der Waals surface area (Å²) in [5.41, 5.74) is -0.456. The molecule has 0 aliphatic carbocycles. The maximum absolute atomic E-state index is 9.98. The van der Waals surface area contributed by atoms with E-state index in [1.807, 2.05) is 0 Å². The summed E-state index contributed by atoms with van der Waals surface area (Å²) in [6.07, 6.45) is 0. The Labute approximate surface area is 59.3 Å². The monoisotopic (exact) mass is 161 g/mol. The van der Waals surface area contributed by atoms with Gasteiger partial charge in [0.15, 0.2) is 5.06 Å². The van der Waals surface area contributed by atoms with Crippen molar-refractivity contribution in [3.05, 3.63) is 16.2 Å². The number of thiophene rings is 1. The van der Waals surface area contributed by atoms with Gasteiger partial charge < -0.3 is 10.2 Å². The van der Waals surface area contributed by atoms with Crippen LogP contribution in [-0.2, 0) is 0 Å². The number of hydrogen-bond donors (Lipinski definition) is 2. The van der Waals surface area contributed by atoms with Crippen molar-refractivity contribution in [3.8, 4) is 10.1 Å². The molecular formula is C4H3NO4S. The van der Waals surface area contributed by atoms with Gasteiger partial charge in [0.25, 0.3) is 5.06 Å². The highest BCUT2D eigenvalue weighted by Crippen LogP contribution is 2.39. The van der Waals surface area contributed by atoms with Gasteiger partial charge in [-0.2, -0.15) is 0 Å². The summed E-state index contributed by atoms with van der Waals surface area (Å²) in [7, 11) is 0. The van der Waals surface area contributed by atoms with E-state index in [1.54, 1.807) is 0 Å². The fourth-order valence-electron chi connectivity index (χ4n) is 0.490. The van der Waals surface area contributed by atoms with Crippen LogP contribution in [0.5, 0.6) is 10.1 Å². The minimum absolute atomic E-state index is 0.260. The zero-order chi connectivity index (χ0) is 7.72. The maximum Gasteiger partial charge on any atom is 0.326 e. The second-order valence-corrected chi connectivity index (χ2v) is 2.54. The first-order valence-corrected chi connectivity index (χ1v) is 3.09. The van der Waals surface area contributed by atoms with Gasteiger partial charge >= 0.3 is 5.69 Å². The molecule has 0 amide bonds. The number of nitrogens with zero attached hydrogens (tertiary/aromatic N) is 1. The van der Waals surface area contributed by atoms with Crippen molar-refractivity contribution < 1.29 is 15.1 Å². The van der Waals surface area contributed by atoms with E-state index in [9.17, 15) is 10.1 Å². The predicted molar refractivity (Wildman–Crippen MR) is 34.3 cm³/mol. The predicted octanol–water partition coefficient (Wildman–Crippen LogP) is 1.07. The highest BCUT2D eigenvalue weighted by Gasteiger charge is 2.17. The molecule has 0 bridgehead atoms. The standard InChI is InChI=1S/C4H3NO4S/c6-3-1-2(5(8)9)4(7)10-3/h1,6-7H. The Bertz CT molecular complexity index is 268. The van der Waals surface area contributed by atoms with Crippen LogP contribution < -0.4 is 0 Å². The Morgan fingerprint density at radius 3 is 2.40 bits per heavy atom. The van der Waals surface area contributed by atoms with Gasteiger partial charge in [0, 0.05) is 0 Å². The zero-order valence-corrected chi connectivity index (χ0v) is 5.46. The summed E-state index contributed by atoms with van der Waals surface area (Å²) in [5, 5.41) is 26.6. The molecule has 1 aromatic heterocycles. The fourth-order valence-corrected chi connectivity index (χ4v) is 1.10. The maximum atomic E-state index is 9.98. The van der Waals surface area contributed by atoms with E-state index in [0.717, 1.165) is 6.07 Å². The summed E-state index contributed by atoms with van der Waals surface area (Å²) in [6.45, 7) is 0. The molecule has 0 radical (unpaired) electrons. The molecule has 0 aliphatic heterocycles. The van der Waals surface area contributed by atoms with E-state index in [-0.39, 0.29) is 5.06 Å². The van der Waals surface area contributed by atoms with Crippen LogP contribution in [0.25, 0.3) is 0 Å². The molecule has 0 saturated carbocycles. The van der Waals surface area contributed by atoms with Crippen molar-refractivity contribution in [3.63, 3.8) is 0 Å². The number of rotatable bonds is 1. The van der Waals surface area contributed by atoms with E-state index in [4.69, 9.17) is 10.2 Å². The number of hydrogen-bond acceptors (Lipinski definition) is 5. The lowest BCUT2D eigenvalue weighted by Gasteiger charge is -1.82. The highest BCUT2D eigenvalue weighted by atomic mass is 32.1. The molecular weight excluding hydrogens is 158 g/mol. The first-order chi connectivity index (χ1) is 4.61. The van der Waals surface area contributed by atoms with E-state index < -0.39 is 15.7 Å². The largest absolute Gasteiger partial charge is 0.499 e. The molecule has 0 fully saturated rings. The first kappa shape index (κ1) is 6.81. The number of aromatic hydroxyl groups is 2. The Morgan fingerprint density at radius 2 is 2.20 bits per heavy atom. The molecule has 5 nitrogen and oxygen atoms in total. The van der Waals surface area contributed by atoms with Crippen LogP contribution in [0.1, 0.15) is 0 Å². The Balaban J connectivity index is 3.15. The van der Waals surface area contributed by atoms with Crippen molar-refractivity contribution in [1.29, 1.82) is 0 Å². The van der Waals surface area contributed by atoms with Crippen molar-refractivity contribution in [2.45, 2.75) is 0 Å². The van der Waals surface area contributed by atoms with Crippen LogP contribution in [0.4, 0.5) is 5.69 Å². The molecule has 1 aromatic rings. The minimum atomic E-state index is -0.758. The second kappa shape index (κ2) is 2.14. The van der Waals surface area contributed by atoms with Crippen LogP contribution in [0.15, 0.2) is 6.07 Å². The molecule has 10 heavy (non-hydrogen) atoms. The van der Waals surface area contributed by atoms with Crippen LogP contribution in [0.2, 0.25) is 0 Å². The number of nitro groups is 1. The van der Waals surface area contributed by atoms with Crippen molar-refractivity contribution >= 4 is 17.0 Å². The Morgan fingerprint density at radius 1 is 1.60 bits per heavy atom. The normalized spacial score (nSPS) is 9.60. The minimum Gasteiger partial charge on any atom is -0.499 e. The Kier molecular flexibility index (Phi) is 1.46. The Hall–Kier alpha value is -1.30. The van der Waals surface area contributed by atoms with E-state index >= 15 is 0 Å². The molecule has 2 N–H and O–H groups in total. The molecule has 0 saturated heterocycles. The van der Waals surface area contributed by atoms with Gasteiger partial charge in [0.2, 0.25) is 0 Å². The second-order valence-electron chi connectivity index (χ2n) is 1.53. The molecule has 0 spiro atoms. The van der Waals surface area contributed by atoms with Crippen molar-refractivity contribution in [1.82, 2.24) is 0 Å². The van der Waals surface area contributed by atoms with E-state index in [2.05, 4.69) is 0 Å². The van der Waals surface area contributed by atoms with Crippen LogP contribution in [-0.4, -0.2) is 15.1 Å². The van der Waals surface area contributed by atoms with Crippen LogP contribution in [0.3, 0.4) is 0 Å². The zero-order valence-electron chi connectivity index (χ0n) is 4.64.